The number of hydrogen-bond donors (Lipinski definition) is 3. The third-order valence-electron chi connectivity index (χ3n) is 5.33. The van der Waals surface area contributed by atoms with Crippen molar-refractivity contribution in [1.82, 2.24) is 25.2 Å². The Hall–Kier alpha value is -3.69. The number of fused-ring (bicyclic) bond motifs is 1. The molecule has 0 atom stereocenters. The van der Waals surface area contributed by atoms with Gasteiger partial charge in [-0.15, -0.1) is 0 Å². The van der Waals surface area contributed by atoms with Gasteiger partial charge in [0, 0.05) is 30.4 Å². The van der Waals surface area contributed by atoms with E-state index in [9.17, 15) is 9.59 Å². The maximum atomic E-state index is 12.5. The van der Waals surface area contributed by atoms with E-state index in [4.69, 9.17) is 14.4 Å². The lowest BCUT2D eigenvalue weighted by atomic mass is 9.85. The first-order valence-corrected chi connectivity index (χ1v) is 10.5. The van der Waals surface area contributed by atoms with E-state index in [1.54, 1.807) is 6.07 Å². The molecule has 4 rings (SSSR count). The van der Waals surface area contributed by atoms with Crippen molar-refractivity contribution in [2.75, 3.05) is 0 Å². The SMILES string of the molecule is Cc1cc(CC(=O)NC2CCC(C(=O)NCc3cn4ccccc4n3)CC2)on1.O=CO. The average molecular weight is 441 g/mol. The van der Waals surface area contributed by atoms with Gasteiger partial charge in [-0.3, -0.25) is 14.4 Å². The van der Waals surface area contributed by atoms with E-state index in [0.717, 1.165) is 42.7 Å². The number of rotatable bonds is 6. The maximum Gasteiger partial charge on any atom is 0.290 e. The fourth-order valence-corrected chi connectivity index (χ4v) is 3.83. The summed E-state index contributed by atoms with van der Waals surface area (Å²) in [5.74, 6) is 0.544. The number of carbonyl (C=O) groups is 3. The molecule has 0 radical (unpaired) electrons. The van der Waals surface area contributed by atoms with Crippen molar-refractivity contribution < 1.29 is 24.0 Å². The van der Waals surface area contributed by atoms with Crippen LogP contribution in [0, 0.1) is 12.8 Å². The molecule has 10 nitrogen and oxygen atoms in total. The molecule has 1 aliphatic carbocycles. The molecular formula is C22H27N5O5. The van der Waals surface area contributed by atoms with Crippen molar-refractivity contribution >= 4 is 23.9 Å². The second-order valence-corrected chi connectivity index (χ2v) is 7.75. The van der Waals surface area contributed by atoms with Gasteiger partial charge in [0.1, 0.15) is 11.4 Å². The number of nitrogens with one attached hydrogen (secondary N) is 2. The van der Waals surface area contributed by atoms with Crippen LogP contribution in [-0.4, -0.2) is 44.0 Å². The van der Waals surface area contributed by atoms with Crippen molar-refractivity contribution in [2.45, 2.75) is 51.6 Å². The first kappa shape index (κ1) is 23.0. The smallest absolute Gasteiger partial charge is 0.290 e. The van der Waals surface area contributed by atoms with Crippen molar-refractivity contribution in [1.29, 1.82) is 0 Å². The Morgan fingerprint density at radius 1 is 1.28 bits per heavy atom. The molecule has 0 spiro atoms. The molecule has 0 saturated heterocycles. The molecule has 0 aliphatic heterocycles. The second-order valence-electron chi connectivity index (χ2n) is 7.75. The van der Waals surface area contributed by atoms with E-state index in [0.29, 0.717) is 12.3 Å². The highest BCUT2D eigenvalue weighted by Crippen LogP contribution is 2.24. The number of carboxylic acid groups (broad SMARTS) is 1. The highest BCUT2D eigenvalue weighted by molar-refractivity contribution is 5.79. The molecule has 1 fully saturated rings. The number of amides is 2. The van der Waals surface area contributed by atoms with Crippen LogP contribution in [0.1, 0.15) is 42.8 Å². The predicted octanol–water partition coefficient (Wildman–Crippen LogP) is 1.87. The predicted molar refractivity (Wildman–Crippen MR) is 115 cm³/mol. The lowest BCUT2D eigenvalue weighted by molar-refractivity contribution is -0.126. The van der Waals surface area contributed by atoms with Gasteiger partial charge >= 0.3 is 0 Å². The van der Waals surface area contributed by atoms with E-state index in [-0.39, 0.29) is 36.7 Å². The molecule has 2 amide bonds. The van der Waals surface area contributed by atoms with Gasteiger partial charge < -0.3 is 24.7 Å². The minimum atomic E-state index is -0.250. The molecule has 32 heavy (non-hydrogen) atoms. The number of pyridine rings is 1. The molecule has 1 aliphatic rings. The van der Waals surface area contributed by atoms with Gasteiger partial charge in [0.15, 0.2) is 0 Å². The molecule has 10 heteroatoms. The minimum absolute atomic E-state index is 0.0166. The quantitative estimate of drug-likeness (QED) is 0.496. The van der Waals surface area contributed by atoms with Gasteiger partial charge in [-0.2, -0.15) is 0 Å². The summed E-state index contributed by atoms with van der Waals surface area (Å²) in [5.41, 5.74) is 2.48. The van der Waals surface area contributed by atoms with Crippen molar-refractivity contribution in [2.24, 2.45) is 5.92 Å². The summed E-state index contributed by atoms with van der Waals surface area (Å²) in [7, 11) is 0. The molecule has 0 bridgehead atoms. The number of aromatic nitrogens is 3. The molecule has 170 valence electrons. The number of imidazole rings is 1. The van der Waals surface area contributed by atoms with Crippen LogP contribution in [-0.2, 0) is 27.3 Å². The molecule has 0 unspecified atom stereocenters. The van der Waals surface area contributed by atoms with Crippen molar-refractivity contribution in [3.8, 4) is 0 Å². The number of aryl methyl sites for hydroxylation is 1. The minimum Gasteiger partial charge on any atom is -0.483 e. The zero-order valence-corrected chi connectivity index (χ0v) is 17.9. The third-order valence-corrected chi connectivity index (χ3v) is 5.33. The highest BCUT2D eigenvalue weighted by Gasteiger charge is 2.27. The molecule has 1 saturated carbocycles. The first-order chi connectivity index (χ1) is 15.5. The Bertz CT molecular complexity index is 1020. The van der Waals surface area contributed by atoms with Gasteiger partial charge in [0.2, 0.25) is 11.8 Å². The Morgan fingerprint density at radius 3 is 2.69 bits per heavy atom. The van der Waals surface area contributed by atoms with E-state index in [2.05, 4.69) is 20.8 Å². The topological polar surface area (TPSA) is 139 Å². The van der Waals surface area contributed by atoms with Crippen LogP contribution in [0.25, 0.3) is 5.65 Å². The molecule has 3 heterocycles. The fraction of sp³-hybridized carbons (Fsp3) is 0.409. The van der Waals surface area contributed by atoms with Gasteiger partial charge in [0.25, 0.3) is 6.47 Å². The second kappa shape index (κ2) is 11.1. The lowest BCUT2D eigenvalue weighted by Gasteiger charge is -2.28. The van der Waals surface area contributed by atoms with E-state index < -0.39 is 0 Å². The van der Waals surface area contributed by atoms with Gasteiger partial charge in [-0.25, -0.2) is 4.98 Å². The van der Waals surface area contributed by atoms with Crippen LogP contribution in [0.2, 0.25) is 0 Å². The monoisotopic (exact) mass is 441 g/mol. The van der Waals surface area contributed by atoms with E-state index >= 15 is 0 Å². The summed E-state index contributed by atoms with van der Waals surface area (Å²) in [5, 5.41) is 16.7. The van der Waals surface area contributed by atoms with Crippen LogP contribution < -0.4 is 10.6 Å². The third kappa shape index (κ3) is 6.40. The largest absolute Gasteiger partial charge is 0.483 e. The number of nitrogens with zero attached hydrogens (tertiary/aromatic N) is 3. The van der Waals surface area contributed by atoms with Crippen molar-refractivity contribution in [3.05, 3.63) is 53.8 Å². The maximum absolute atomic E-state index is 12.5. The molecule has 3 aromatic rings. The molecule has 3 N–H and O–H groups in total. The summed E-state index contributed by atoms with van der Waals surface area (Å²) < 4.78 is 7.02. The summed E-state index contributed by atoms with van der Waals surface area (Å²) in [6, 6.07) is 7.69. The van der Waals surface area contributed by atoms with Crippen molar-refractivity contribution in [3.63, 3.8) is 0 Å². The summed E-state index contributed by atoms with van der Waals surface area (Å²) >= 11 is 0. The zero-order chi connectivity index (χ0) is 22.9. The Balaban J connectivity index is 0.000000913. The lowest BCUT2D eigenvalue weighted by Crippen LogP contribution is -2.41. The van der Waals surface area contributed by atoms with E-state index in [1.165, 1.54) is 0 Å². The highest BCUT2D eigenvalue weighted by atomic mass is 16.5. The van der Waals surface area contributed by atoms with Gasteiger partial charge in [-0.1, -0.05) is 11.2 Å². The fourth-order valence-electron chi connectivity index (χ4n) is 3.83. The van der Waals surface area contributed by atoms with Crippen LogP contribution >= 0.6 is 0 Å². The summed E-state index contributed by atoms with van der Waals surface area (Å²) in [6.45, 7) is 2.00. The Morgan fingerprint density at radius 2 is 2.03 bits per heavy atom. The van der Waals surface area contributed by atoms with Gasteiger partial charge in [-0.05, 0) is 44.7 Å². The number of hydrogen-bond acceptors (Lipinski definition) is 6. The average Bonchev–Trinajstić information content (AvgIpc) is 3.38. The normalized spacial score (nSPS) is 17.8. The molecular weight excluding hydrogens is 414 g/mol. The number of carbonyl (C=O) groups excluding carboxylic acids is 2. The summed E-state index contributed by atoms with van der Waals surface area (Å²) in [4.78, 5) is 37.5. The van der Waals surface area contributed by atoms with Crippen LogP contribution in [0.4, 0.5) is 0 Å². The van der Waals surface area contributed by atoms with Gasteiger partial charge in [0.05, 0.1) is 24.4 Å². The Labute approximate surface area is 185 Å². The van der Waals surface area contributed by atoms with Crippen LogP contribution in [0.15, 0.2) is 41.2 Å². The standard InChI is InChI=1S/C21H25N5O3.CH2O2/c1-14-10-18(29-25-14)11-20(27)24-16-7-5-15(6-8-16)21(28)22-12-17-13-26-9-3-2-4-19(26)23-17;2-1-3/h2-4,9-10,13,15-16H,5-8,11-12H2,1H3,(H,22,28)(H,24,27);1H,(H,2,3). The zero-order valence-electron chi connectivity index (χ0n) is 17.9. The first-order valence-electron chi connectivity index (χ1n) is 10.5. The van der Waals surface area contributed by atoms with Crippen LogP contribution in [0.3, 0.4) is 0 Å². The van der Waals surface area contributed by atoms with Crippen LogP contribution in [0.5, 0.6) is 0 Å². The molecule has 3 aromatic heterocycles. The molecule has 0 aromatic carbocycles. The van der Waals surface area contributed by atoms with E-state index in [1.807, 2.05) is 41.9 Å². The Kier molecular flexibility index (Phi) is 7.96. The summed E-state index contributed by atoms with van der Waals surface area (Å²) in [6.07, 6.45) is 7.19.